The van der Waals surface area contributed by atoms with Gasteiger partial charge in [-0.25, -0.2) is 0 Å². The minimum atomic E-state index is -0.0263. The van der Waals surface area contributed by atoms with E-state index in [2.05, 4.69) is 37.4 Å². The third-order valence-electron chi connectivity index (χ3n) is 4.35. The molecule has 19 heavy (non-hydrogen) atoms. The van der Waals surface area contributed by atoms with E-state index in [4.69, 9.17) is 4.74 Å². The molecule has 2 aliphatic heterocycles. The van der Waals surface area contributed by atoms with Crippen molar-refractivity contribution in [2.24, 2.45) is 0 Å². The van der Waals surface area contributed by atoms with E-state index >= 15 is 0 Å². The zero-order chi connectivity index (χ0) is 13.3. The molecule has 104 valence electrons. The molecule has 2 heterocycles. The van der Waals surface area contributed by atoms with Crippen molar-refractivity contribution in [3.8, 4) is 5.75 Å². The molecule has 0 aromatic heterocycles. The number of nitrogens with one attached hydrogen (secondary N) is 1. The van der Waals surface area contributed by atoms with E-state index in [1.807, 2.05) is 0 Å². The Kier molecular flexibility index (Phi) is 3.53. The van der Waals surface area contributed by atoms with Crippen LogP contribution in [0.2, 0.25) is 0 Å². The first-order chi connectivity index (χ1) is 9.14. The Morgan fingerprint density at radius 3 is 3.00 bits per heavy atom. The number of piperidine rings is 1. The Bertz CT molecular complexity index is 447. The van der Waals surface area contributed by atoms with E-state index in [1.165, 1.54) is 49.1 Å². The summed E-state index contributed by atoms with van der Waals surface area (Å²) in [5, 5.41) is 3.63. The minimum absolute atomic E-state index is 0.0263. The van der Waals surface area contributed by atoms with E-state index in [-0.39, 0.29) is 5.60 Å². The van der Waals surface area contributed by atoms with Crippen LogP contribution in [0.4, 0.5) is 0 Å². The van der Waals surface area contributed by atoms with Crippen LogP contribution in [0.5, 0.6) is 5.75 Å². The van der Waals surface area contributed by atoms with Crippen LogP contribution in [0.1, 0.15) is 50.7 Å². The maximum absolute atomic E-state index is 6.14. The molecule has 3 rings (SSSR count). The lowest BCUT2D eigenvalue weighted by Gasteiger charge is -2.24. The molecule has 0 saturated carbocycles. The maximum Gasteiger partial charge on any atom is 0.126 e. The second-order valence-corrected chi connectivity index (χ2v) is 6.63. The van der Waals surface area contributed by atoms with Gasteiger partial charge in [0.05, 0.1) is 0 Å². The second-order valence-electron chi connectivity index (χ2n) is 6.63. The van der Waals surface area contributed by atoms with Crippen molar-refractivity contribution in [2.45, 2.75) is 64.0 Å². The molecular weight excluding hydrogens is 234 g/mol. The van der Waals surface area contributed by atoms with Crippen molar-refractivity contribution >= 4 is 0 Å². The van der Waals surface area contributed by atoms with Crippen LogP contribution in [0.25, 0.3) is 0 Å². The first kappa shape index (κ1) is 13.0. The molecule has 0 aliphatic carbocycles. The number of benzene rings is 1. The van der Waals surface area contributed by atoms with Crippen molar-refractivity contribution in [1.29, 1.82) is 0 Å². The van der Waals surface area contributed by atoms with Gasteiger partial charge in [-0.1, -0.05) is 24.6 Å². The summed E-state index contributed by atoms with van der Waals surface area (Å²) in [6.45, 7) is 5.56. The largest absolute Gasteiger partial charge is 0.487 e. The molecule has 1 aromatic carbocycles. The molecule has 2 nitrogen and oxygen atoms in total. The van der Waals surface area contributed by atoms with Crippen LogP contribution in [-0.2, 0) is 12.8 Å². The summed E-state index contributed by atoms with van der Waals surface area (Å²) in [6, 6.07) is 7.35. The second kappa shape index (κ2) is 5.16. The zero-order valence-electron chi connectivity index (χ0n) is 12.2. The van der Waals surface area contributed by atoms with Crippen molar-refractivity contribution in [3.05, 3.63) is 29.3 Å². The molecule has 1 aromatic rings. The smallest absolute Gasteiger partial charge is 0.126 e. The summed E-state index contributed by atoms with van der Waals surface area (Å²) < 4.78 is 6.14. The molecule has 1 unspecified atom stereocenters. The van der Waals surface area contributed by atoms with Crippen molar-refractivity contribution in [2.75, 3.05) is 6.54 Å². The molecule has 1 atom stereocenters. The maximum atomic E-state index is 6.14. The number of hydrogen-bond donors (Lipinski definition) is 1. The van der Waals surface area contributed by atoms with Crippen molar-refractivity contribution in [1.82, 2.24) is 5.32 Å². The van der Waals surface area contributed by atoms with E-state index < -0.39 is 0 Å². The van der Waals surface area contributed by atoms with Gasteiger partial charge in [0, 0.05) is 12.5 Å². The summed E-state index contributed by atoms with van der Waals surface area (Å²) in [5.74, 6) is 1.17. The quantitative estimate of drug-likeness (QED) is 0.897. The molecule has 1 fully saturated rings. The number of para-hydroxylation sites is 1. The average Bonchev–Trinajstić information content (AvgIpc) is 2.72. The van der Waals surface area contributed by atoms with Gasteiger partial charge in [0.25, 0.3) is 0 Å². The van der Waals surface area contributed by atoms with E-state index in [9.17, 15) is 0 Å². The van der Waals surface area contributed by atoms with E-state index in [0.717, 1.165) is 12.8 Å². The van der Waals surface area contributed by atoms with Crippen LogP contribution >= 0.6 is 0 Å². The molecule has 0 bridgehead atoms. The Morgan fingerprint density at radius 2 is 2.21 bits per heavy atom. The van der Waals surface area contributed by atoms with E-state index in [1.54, 1.807) is 0 Å². The molecule has 1 saturated heterocycles. The third kappa shape index (κ3) is 2.94. The fourth-order valence-electron chi connectivity index (χ4n) is 3.38. The summed E-state index contributed by atoms with van der Waals surface area (Å²) in [7, 11) is 0. The number of hydrogen-bond acceptors (Lipinski definition) is 2. The highest BCUT2D eigenvalue weighted by Crippen LogP contribution is 2.38. The lowest BCUT2D eigenvalue weighted by Crippen LogP contribution is -2.34. The van der Waals surface area contributed by atoms with Crippen LogP contribution in [0.3, 0.4) is 0 Å². The Morgan fingerprint density at radius 1 is 1.32 bits per heavy atom. The molecule has 1 N–H and O–H groups in total. The van der Waals surface area contributed by atoms with Crippen molar-refractivity contribution < 1.29 is 4.74 Å². The number of fused-ring (bicyclic) bond motifs is 1. The van der Waals surface area contributed by atoms with Crippen LogP contribution in [0, 0.1) is 0 Å². The lowest BCUT2D eigenvalue weighted by molar-refractivity contribution is 0.137. The lowest BCUT2D eigenvalue weighted by atomic mass is 9.96. The van der Waals surface area contributed by atoms with Crippen molar-refractivity contribution in [3.63, 3.8) is 0 Å². The standard InChI is InChI=1S/C17H25NO/c1-17(2)12-14-7-5-6-13(16(14)19-17)9-10-15-8-3-4-11-18-15/h5-7,15,18H,3-4,8-12H2,1-2H3. The van der Waals surface area contributed by atoms with Gasteiger partial charge in [0.15, 0.2) is 0 Å². The van der Waals surface area contributed by atoms with Gasteiger partial charge in [-0.15, -0.1) is 0 Å². The summed E-state index contributed by atoms with van der Waals surface area (Å²) >= 11 is 0. The Balaban J connectivity index is 1.67. The first-order valence-electron chi connectivity index (χ1n) is 7.67. The number of aryl methyl sites for hydroxylation is 1. The molecule has 0 amide bonds. The fraction of sp³-hybridized carbons (Fsp3) is 0.647. The van der Waals surface area contributed by atoms with Gasteiger partial charge in [-0.05, 0) is 57.2 Å². The normalized spacial score (nSPS) is 24.8. The zero-order valence-corrected chi connectivity index (χ0v) is 12.2. The highest BCUT2D eigenvalue weighted by molar-refractivity contribution is 5.45. The fourth-order valence-corrected chi connectivity index (χ4v) is 3.38. The molecule has 2 heteroatoms. The predicted molar refractivity (Wildman–Crippen MR) is 78.8 cm³/mol. The van der Waals surface area contributed by atoms with Crippen LogP contribution < -0.4 is 10.1 Å². The molecule has 0 radical (unpaired) electrons. The summed E-state index contributed by atoms with van der Waals surface area (Å²) in [6.07, 6.45) is 7.47. The molecule has 0 spiro atoms. The summed E-state index contributed by atoms with van der Waals surface area (Å²) in [4.78, 5) is 0. The monoisotopic (exact) mass is 259 g/mol. The molecular formula is C17H25NO. The van der Waals surface area contributed by atoms with Gasteiger partial charge in [-0.3, -0.25) is 0 Å². The minimum Gasteiger partial charge on any atom is -0.487 e. The Labute approximate surface area is 116 Å². The van der Waals surface area contributed by atoms with Gasteiger partial charge in [0.2, 0.25) is 0 Å². The highest BCUT2D eigenvalue weighted by Gasteiger charge is 2.31. The van der Waals surface area contributed by atoms with Gasteiger partial charge < -0.3 is 10.1 Å². The average molecular weight is 259 g/mol. The van der Waals surface area contributed by atoms with Crippen LogP contribution in [0.15, 0.2) is 18.2 Å². The predicted octanol–water partition coefficient (Wildman–Crippen LogP) is 3.47. The van der Waals surface area contributed by atoms with Gasteiger partial charge in [-0.2, -0.15) is 0 Å². The number of rotatable bonds is 3. The third-order valence-corrected chi connectivity index (χ3v) is 4.35. The van der Waals surface area contributed by atoms with Crippen LogP contribution in [-0.4, -0.2) is 18.2 Å². The topological polar surface area (TPSA) is 21.3 Å². The number of ether oxygens (including phenoxy) is 1. The highest BCUT2D eigenvalue weighted by atomic mass is 16.5. The SMILES string of the molecule is CC1(C)Cc2cccc(CCC3CCCCN3)c2O1. The first-order valence-corrected chi connectivity index (χ1v) is 7.67. The Hall–Kier alpha value is -1.02. The summed E-state index contributed by atoms with van der Waals surface area (Å²) in [5.41, 5.74) is 2.76. The molecule has 2 aliphatic rings. The van der Waals surface area contributed by atoms with Gasteiger partial charge >= 0.3 is 0 Å². The van der Waals surface area contributed by atoms with Gasteiger partial charge in [0.1, 0.15) is 11.4 Å². The van der Waals surface area contributed by atoms with E-state index in [0.29, 0.717) is 6.04 Å².